The molecule has 0 aromatic heterocycles. The Labute approximate surface area is 102 Å². The van der Waals surface area contributed by atoms with E-state index < -0.39 is 8.80 Å². The van der Waals surface area contributed by atoms with Crippen LogP contribution in [0.15, 0.2) is 24.3 Å². The summed E-state index contributed by atoms with van der Waals surface area (Å²) in [6, 6.07) is 10.5. The minimum absolute atomic E-state index is 0.720. The molecule has 0 saturated heterocycles. The SMILES string of the molecule is CO[Si](Cc1ccc(C[SiH3])cc1)(OC)OC. The van der Waals surface area contributed by atoms with Gasteiger partial charge in [0.15, 0.2) is 0 Å². The van der Waals surface area contributed by atoms with Gasteiger partial charge in [0, 0.05) is 37.6 Å². The summed E-state index contributed by atoms with van der Waals surface area (Å²) in [5.41, 5.74) is 2.60. The van der Waals surface area contributed by atoms with Crippen LogP contribution < -0.4 is 0 Å². The van der Waals surface area contributed by atoms with Crippen LogP contribution in [0.4, 0.5) is 0 Å². The first-order chi connectivity index (χ1) is 7.69. The van der Waals surface area contributed by atoms with Crippen molar-refractivity contribution >= 4 is 19.0 Å². The summed E-state index contributed by atoms with van der Waals surface area (Å²) >= 11 is 0. The number of hydrogen-bond donors (Lipinski definition) is 0. The van der Waals surface area contributed by atoms with Gasteiger partial charge in [-0.2, -0.15) is 0 Å². The second kappa shape index (κ2) is 6.31. The molecular weight excluding hydrogens is 236 g/mol. The van der Waals surface area contributed by atoms with E-state index in [0.717, 1.165) is 6.04 Å². The van der Waals surface area contributed by atoms with Crippen molar-refractivity contribution in [2.45, 2.75) is 12.1 Å². The average Bonchev–Trinajstić information content (AvgIpc) is 2.37. The van der Waals surface area contributed by atoms with Gasteiger partial charge in [-0.3, -0.25) is 0 Å². The normalized spacial score (nSPS) is 11.9. The molecule has 0 N–H and O–H groups in total. The predicted octanol–water partition coefficient (Wildman–Crippen LogP) is 0.512. The molecule has 0 aliphatic carbocycles. The molecule has 0 saturated carbocycles. The zero-order valence-corrected chi connectivity index (χ0v) is 13.4. The number of rotatable bonds is 6. The van der Waals surface area contributed by atoms with Gasteiger partial charge in [0.1, 0.15) is 0 Å². The lowest BCUT2D eigenvalue weighted by atomic mass is 10.2. The molecule has 0 aliphatic rings. The minimum atomic E-state index is -2.48. The highest BCUT2D eigenvalue weighted by atomic mass is 28.4. The molecule has 0 heterocycles. The van der Waals surface area contributed by atoms with Gasteiger partial charge in [-0.25, -0.2) is 0 Å². The van der Waals surface area contributed by atoms with E-state index in [4.69, 9.17) is 13.3 Å². The second-order valence-corrected chi connectivity index (χ2v) is 7.29. The topological polar surface area (TPSA) is 27.7 Å². The van der Waals surface area contributed by atoms with Crippen molar-refractivity contribution in [3.05, 3.63) is 35.4 Å². The van der Waals surface area contributed by atoms with E-state index in [0.29, 0.717) is 0 Å². The van der Waals surface area contributed by atoms with Crippen LogP contribution in [0.1, 0.15) is 11.1 Å². The Bertz CT molecular complexity index is 301. The first-order valence-electron chi connectivity index (χ1n) is 5.43. The number of benzene rings is 1. The summed E-state index contributed by atoms with van der Waals surface area (Å²) in [7, 11) is 3.66. The highest BCUT2D eigenvalue weighted by Crippen LogP contribution is 2.15. The van der Waals surface area contributed by atoms with E-state index in [-0.39, 0.29) is 0 Å². The van der Waals surface area contributed by atoms with Gasteiger partial charge in [0.25, 0.3) is 0 Å². The largest absolute Gasteiger partial charge is 0.504 e. The molecule has 16 heavy (non-hydrogen) atoms. The maximum absolute atomic E-state index is 5.40. The van der Waals surface area contributed by atoms with Gasteiger partial charge in [-0.15, -0.1) is 0 Å². The van der Waals surface area contributed by atoms with Crippen LogP contribution in [-0.2, 0) is 25.4 Å². The van der Waals surface area contributed by atoms with E-state index >= 15 is 0 Å². The zero-order valence-electron chi connectivity index (χ0n) is 10.4. The smallest absolute Gasteiger partial charge is 0.377 e. The molecule has 1 aromatic rings. The zero-order chi connectivity index (χ0) is 12.0. The summed E-state index contributed by atoms with van der Waals surface area (Å²) in [5, 5.41) is 0. The Morgan fingerprint density at radius 2 is 1.38 bits per heavy atom. The lowest BCUT2D eigenvalue weighted by molar-refractivity contribution is 0.122. The number of hydrogen-bond acceptors (Lipinski definition) is 3. The van der Waals surface area contributed by atoms with Crippen molar-refractivity contribution in [1.82, 2.24) is 0 Å². The van der Waals surface area contributed by atoms with Crippen LogP contribution in [0.2, 0.25) is 0 Å². The van der Waals surface area contributed by atoms with Crippen molar-refractivity contribution in [1.29, 1.82) is 0 Å². The minimum Gasteiger partial charge on any atom is -0.377 e. The fourth-order valence-corrected chi connectivity index (χ4v) is 3.75. The molecule has 0 bridgehead atoms. The third-order valence-electron chi connectivity index (χ3n) is 2.78. The quantitative estimate of drug-likeness (QED) is 0.694. The van der Waals surface area contributed by atoms with Crippen LogP contribution >= 0.6 is 0 Å². The van der Waals surface area contributed by atoms with Crippen LogP contribution in [0.25, 0.3) is 0 Å². The third kappa shape index (κ3) is 3.26. The lowest BCUT2D eigenvalue weighted by Crippen LogP contribution is -2.45. The van der Waals surface area contributed by atoms with Crippen LogP contribution in [0.3, 0.4) is 0 Å². The molecule has 5 heteroatoms. The van der Waals surface area contributed by atoms with Crippen LogP contribution in [0.5, 0.6) is 0 Å². The van der Waals surface area contributed by atoms with E-state index in [2.05, 4.69) is 24.3 Å². The van der Waals surface area contributed by atoms with Gasteiger partial charge < -0.3 is 13.3 Å². The van der Waals surface area contributed by atoms with Crippen molar-refractivity contribution in [3.63, 3.8) is 0 Å². The summed E-state index contributed by atoms with van der Waals surface area (Å²) in [6.07, 6.45) is 0. The molecular formula is C11H20O3Si2. The van der Waals surface area contributed by atoms with Gasteiger partial charge in [0.05, 0.1) is 0 Å². The molecule has 0 aliphatic heterocycles. The van der Waals surface area contributed by atoms with Crippen molar-refractivity contribution < 1.29 is 13.3 Å². The maximum atomic E-state index is 5.40. The summed E-state index contributed by atoms with van der Waals surface area (Å²) < 4.78 is 16.2. The van der Waals surface area contributed by atoms with E-state index in [1.165, 1.54) is 27.4 Å². The lowest BCUT2D eigenvalue weighted by Gasteiger charge is -2.24. The van der Waals surface area contributed by atoms with E-state index in [1.54, 1.807) is 21.3 Å². The predicted molar refractivity (Wildman–Crippen MR) is 70.6 cm³/mol. The van der Waals surface area contributed by atoms with Gasteiger partial charge in [-0.05, 0) is 11.6 Å². The Balaban J connectivity index is 2.77. The summed E-state index contributed by atoms with van der Waals surface area (Å²) in [4.78, 5) is 0. The summed E-state index contributed by atoms with van der Waals surface area (Å²) in [5.74, 6) is 0. The highest BCUT2D eigenvalue weighted by molar-refractivity contribution is 6.60. The monoisotopic (exact) mass is 256 g/mol. The Morgan fingerprint density at radius 3 is 1.75 bits per heavy atom. The fraction of sp³-hybridized carbons (Fsp3) is 0.455. The second-order valence-electron chi connectivity index (χ2n) is 3.64. The van der Waals surface area contributed by atoms with E-state index in [9.17, 15) is 0 Å². The fourth-order valence-electron chi connectivity index (χ4n) is 1.61. The van der Waals surface area contributed by atoms with Crippen molar-refractivity contribution in [2.75, 3.05) is 21.3 Å². The molecule has 0 radical (unpaired) electrons. The van der Waals surface area contributed by atoms with Gasteiger partial charge in [-0.1, -0.05) is 29.8 Å². The highest BCUT2D eigenvalue weighted by Gasteiger charge is 2.37. The van der Waals surface area contributed by atoms with E-state index in [1.807, 2.05) is 0 Å². The molecule has 0 amide bonds. The average molecular weight is 256 g/mol. The Hall–Kier alpha value is -0.466. The molecule has 0 fully saturated rings. The molecule has 1 aromatic carbocycles. The maximum Gasteiger partial charge on any atom is 0.504 e. The molecule has 1 rings (SSSR count). The first kappa shape index (κ1) is 13.6. The van der Waals surface area contributed by atoms with Crippen LogP contribution in [0, 0.1) is 0 Å². The molecule has 0 unspecified atom stereocenters. The molecule has 3 nitrogen and oxygen atoms in total. The van der Waals surface area contributed by atoms with Crippen molar-refractivity contribution in [3.8, 4) is 0 Å². The Morgan fingerprint density at radius 1 is 0.938 bits per heavy atom. The Kier molecular flexibility index (Phi) is 5.37. The summed E-state index contributed by atoms with van der Waals surface area (Å²) in [6.45, 7) is 0. The molecule has 90 valence electrons. The first-order valence-corrected chi connectivity index (χ1v) is 8.77. The third-order valence-corrected chi connectivity index (χ3v) is 6.31. The van der Waals surface area contributed by atoms with Crippen molar-refractivity contribution in [2.24, 2.45) is 0 Å². The van der Waals surface area contributed by atoms with Gasteiger partial charge >= 0.3 is 8.80 Å². The molecule has 0 spiro atoms. The van der Waals surface area contributed by atoms with Gasteiger partial charge in [0.2, 0.25) is 0 Å². The molecule has 0 atom stereocenters. The van der Waals surface area contributed by atoms with Crippen LogP contribution in [-0.4, -0.2) is 40.4 Å². The standard InChI is InChI=1S/C11H20O3Si2/c1-12-16(13-2,14-3)9-11-6-4-10(8-15)5-7-11/h4-7H,8-9H2,1-3,15H3.